The Bertz CT molecular complexity index is 291. The van der Waals surface area contributed by atoms with Crippen molar-refractivity contribution >= 4 is 38.5 Å². The first-order valence-electron chi connectivity index (χ1n) is 4.22. The van der Waals surface area contributed by atoms with E-state index in [1.807, 2.05) is 12.1 Å². The maximum Gasteiger partial charge on any atom is 0.119 e. The Kier molecular flexibility index (Phi) is 4.61. The Morgan fingerprint density at radius 3 is 2.85 bits per heavy atom. The molecule has 13 heavy (non-hydrogen) atoms. The van der Waals surface area contributed by atoms with Gasteiger partial charge >= 0.3 is 0 Å². The fraction of sp³-hybridized carbons (Fsp3) is 0.444. The predicted octanol–water partition coefficient (Wildman–Crippen LogP) is 3.25. The van der Waals surface area contributed by atoms with Crippen LogP contribution in [-0.4, -0.2) is 4.98 Å². The lowest BCUT2D eigenvalue weighted by Crippen LogP contribution is -2.11. The Hall–Kier alpha value is 0.320. The van der Waals surface area contributed by atoms with E-state index in [-0.39, 0.29) is 6.04 Å². The van der Waals surface area contributed by atoms with Crippen LogP contribution in [0.25, 0.3) is 0 Å². The van der Waals surface area contributed by atoms with E-state index in [1.165, 1.54) is 0 Å². The van der Waals surface area contributed by atoms with Crippen molar-refractivity contribution in [2.75, 3.05) is 0 Å². The van der Waals surface area contributed by atoms with Gasteiger partial charge in [-0.05, 0) is 57.1 Å². The lowest BCUT2D eigenvalue weighted by molar-refractivity contribution is 0.620. The van der Waals surface area contributed by atoms with Gasteiger partial charge in [0.15, 0.2) is 0 Å². The number of pyridine rings is 1. The van der Waals surface area contributed by atoms with Gasteiger partial charge in [-0.3, -0.25) is 0 Å². The van der Waals surface area contributed by atoms with Gasteiger partial charge < -0.3 is 5.73 Å². The van der Waals surface area contributed by atoms with Crippen molar-refractivity contribution in [3.05, 3.63) is 26.0 Å². The summed E-state index contributed by atoms with van der Waals surface area (Å²) < 4.78 is 2.00. The number of halogens is 2. The van der Waals surface area contributed by atoms with Crippen LogP contribution in [-0.2, 0) is 0 Å². The van der Waals surface area contributed by atoms with E-state index in [0.29, 0.717) is 0 Å². The minimum atomic E-state index is 0.0679. The smallest absolute Gasteiger partial charge is 0.119 e. The zero-order chi connectivity index (χ0) is 9.84. The molecule has 1 heterocycles. The zero-order valence-electron chi connectivity index (χ0n) is 7.43. The Balaban J connectivity index is 2.84. The van der Waals surface area contributed by atoms with Crippen LogP contribution in [0.4, 0.5) is 0 Å². The summed E-state index contributed by atoms with van der Waals surface area (Å²) in [7, 11) is 0. The van der Waals surface area contributed by atoms with Crippen LogP contribution >= 0.6 is 38.5 Å². The van der Waals surface area contributed by atoms with Gasteiger partial charge in [0, 0.05) is 9.61 Å². The number of nitrogens with zero attached hydrogens (tertiary/aromatic N) is 1. The van der Waals surface area contributed by atoms with Crippen molar-refractivity contribution in [3.8, 4) is 0 Å². The summed E-state index contributed by atoms with van der Waals surface area (Å²) >= 11 is 5.63. The summed E-state index contributed by atoms with van der Waals surface area (Å²) in [6, 6.07) is 4.09. The fourth-order valence-corrected chi connectivity index (χ4v) is 1.73. The SMILES string of the molecule is CCC[C@@H](N)c1ccc(I)c(Br)n1. The summed E-state index contributed by atoms with van der Waals surface area (Å²) in [6.45, 7) is 2.13. The zero-order valence-corrected chi connectivity index (χ0v) is 11.2. The highest BCUT2D eigenvalue weighted by Crippen LogP contribution is 2.20. The molecule has 2 nitrogen and oxygen atoms in total. The molecule has 0 spiro atoms. The molecule has 0 amide bonds. The molecule has 1 aromatic rings. The van der Waals surface area contributed by atoms with Crippen molar-refractivity contribution in [2.45, 2.75) is 25.8 Å². The number of hydrogen-bond donors (Lipinski definition) is 1. The highest BCUT2D eigenvalue weighted by molar-refractivity contribution is 14.1. The molecule has 1 atom stereocenters. The second kappa shape index (κ2) is 5.26. The summed E-state index contributed by atoms with van der Waals surface area (Å²) in [5, 5.41) is 0. The molecule has 1 aromatic heterocycles. The van der Waals surface area contributed by atoms with Crippen LogP contribution in [0.3, 0.4) is 0 Å². The molecule has 0 aliphatic rings. The molecule has 0 bridgehead atoms. The average molecular weight is 355 g/mol. The molecule has 1 rings (SSSR count). The molecule has 4 heteroatoms. The van der Waals surface area contributed by atoms with E-state index in [1.54, 1.807) is 0 Å². The Morgan fingerprint density at radius 2 is 2.31 bits per heavy atom. The topological polar surface area (TPSA) is 38.9 Å². The summed E-state index contributed by atoms with van der Waals surface area (Å²) in [4.78, 5) is 4.38. The number of rotatable bonds is 3. The minimum absolute atomic E-state index is 0.0679. The molecule has 0 aliphatic carbocycles. The second-order valence-electron chi connectivity index (χ2n) is 2.90. The van der Waals surface area contributed by atoms with Crippen molar-refractivity contribution in [2.24, 2.45) is 5.73 Å². The summed E-state index contributed by atoms with van der Waals surface area (Å²) in [6.07, 6.45) is 2.08. The van der Waals surface area contributed by atoms with Gasteiger partial charge in [0.2, 0.25) is 0 Å². The van der Waals surface area contributed by atoms with E-state index >= 15 is 0 Å². The van der Waals surface area contributed by atoms with Gasteiger partial charge in [-0.1, -0.05) is 13.3 Å². The fourth-order valence-electron chi connectivity index (χ4n) is 1.10. The van der Waals surface area contributed by atoms with Crippen LogP contribution in [0.1, 0.15) is 31.5 Å². The van der Waals surface area contributed by atoms with Gasteiger partial charge in [0.1, 0.15) is 4.60 Å². The standard InChI is InChI=1S/C9H12BrIN2/c1-2-3-7(12)8-5-4-6(11)9(10)13-8/h4-5,7H,2-3,12H2,1H3/t7-/m1/s1. The predicted molar refractivity (Wildman–Crippen MR) is 66.5 cm³/mol. The molecule has 0 aromatic carbocycles. The normalized spacial score (nSPS) is 12.9. The highest BCUT2D eigenvalue weighted by Gasteiger charge is 2.07. The lowest BCUT2D eigenvalue weighted by atomic mass is 10.1. The van der Waals surface area contributed by atoms with Crippen LogP contribution < -0.4 is 5.73 Å². The molecular formula is C9H12BrIN2. The lowest BCUT2D eigenvalue weighted by Gasteiger charge is -2.09. The van der Waals surface area contributed by atoms with E-state index in [2.05, 4.69) is 50.4 Å². The van der Waals surface area contributed by atoms with E-state index in [0.717, 1.165) is 26.7 Å². The van der Waals surface area contributed by atoms with Gasteiger partial charge in [0.05, 0.1) is 5.69 Å². The molecule has 0 fully saturated rings. The third kappa shape index (κ3) is 3.18. The van der Waals surface area contributed by atoms with E-state index < -0.39 is 0 Å². The van der Waals surface area contributed by atoms with Gasteiger partial charge in [0.25, 0.3) is 0 Å². The Morgan fingerprint density at radius 1 is 1.62 bits per heavy atom. The van der Waals surface area contributed by atoms with E-state index in [4.69, 9.17) is 5.73 Å². The number of hydrogen-bond acceptors (Lipinski definition) is 2. The third-order valence-electron chi connectivity index (χ3n) is 1.80. The van der Waals surface area contributed by atoms with Gasteiger partial charge in [-0.15, -0.1) is 0 Å². The first-order valence-corrected chi connectivity index (χ1v) is 6.09. The maximum absolute atomic E-state index is 5.94. The van der Waals surface area contributed by atoms with E-state index in [9.17, 15) is 0 Å². The van der Waals surface area contributed by atoms with Crippen molar-refractivity contribution in [3.63, 3.8) is 0 Å². The van der Waals surface area contributed by atoms with Crippen LogP contribution in [0.2, 0.25) is 0 Å². The summed E-state index contributed by atoms with van der Waals surface area (Å²) in [5.74, 6) is 0. The molecule has 72 valence electrons. The van der Waals surface area contributed by atoms with Crippen molar-refractivity contribution in [1.29, 1.82) is 0 Å². The average Bonchev–Trinajstić information content (AvgIpc) is 2.10. The molecule has 0 saturated carbocycles. The highest BCUT2D eigenvalue weighted by atomic mass is 127. The third-order valence-corrected chi connectivity index (χ3v) is 4.02. The molecule has 2 N–H and O–H groups in total. The molecule has 0 saturated heterocycles. The van der Waals surface area contributed by atoms with Crippen molar-refractivity contribution < 1.29 is 0 Å². The molecular weight excluding hydrogens is 343 g/mol. The largest absolute Gasteiger partial charge is 0.323 e. The van der Waals surface area contributed by atoms with Crippen LogP contribution in [0, 0.1) is 3.57 Å². The number of nitrogens with two attached hydrogens (primary N) is 1. The molecule has 0 radical (unpaired) electrons. The van der Waals surface area contributed by atoms with Crippen LogP contribution in [0.5, 0.6) is 0 Å². The molecule has 0 aliphatic heterocycles. The molecule has 0 unspecified atom stereocenters. The first kappa shape index (κ1) is 11.4. The van der Waals surface area contributed by atoms with Crippen molar-refractivity contribution in [1.82, 2.24) is 4.98 Å². The summed E-state index contributed by atoms with van der Waals surface area (Å²) in [5.41, 5.74) is 6.91. The quantitative estimate of drug-likeness (QED) is 0.668. The second-order valence-corrected chi connectivity index (χ2v) is 4.82. The Labute approximate surface area is 101 Å². The first-order chi connectivity index (χ1) is 6.15. The van der Waals surface area contributed by atoms with Gasteiger partial charge in [-0.25, -0.2) is 4.98 Å². The maximum atomic E-state index is 5.94. The number of aromatic nitrogens is 1. The van der Waals surface area contributed by atoms with Crippen LogP contribution in [0.15, 0.2) is 16.7 Å². The van der Waals surface area contributed by atoms with Gasteiger partial charge in [-0.2, -0.15) is 0 Å². The minimum Gasteiger partial charge on any atom is -0.323 e. The monoisotopic (exact) mass is 354 g/mol.